The number of rotatable bonds is 7. The standard InChI is InChI=1S/C18H17Cl2N3O3S/c19-12-6-5-11(10-13(12)20)21-15(24)4-2-1-3-8-23-17(25)16-14(7-9-27-16)22-18(23)26/h5-7,9-10H,1-4,8H2,(H,21,24)(H,22,26). The van der Waals surface area contributed by atoms with Gasteiger partial charge >= 0.3 is 5.69 Å². The molecule has 2 heterocycles. The van der Waals surface area contributed by atoms with Crippen molar-refractivity contribution in [2.45, 2.75) is 32.2 Å². The first-order chi connectivity index (χ1) is 13.0. The first-order valence-corrected chi connectivity index (χ1v) is 10.0. The number of nitrogens with zero attached hydrogens (tertiary/aromatic N) is 1. The number of H-pyrrole nitrogens is 1. The van der Waals surface area contributed by atoms with E-state index in [0.29, 0.717) is 51.8 Å². The Bertz CT molecular complexity index is 1090. The minimum Gasteiger partial charge on any atom is -0.326 e. The van der Waals surface area contributed by atoms with Crippen molar-refractivity contribution in [1.82, 2.24) is 9.55 Å². The van der Waals surface area contributed by atoms with Crippen LogP contribution in [0.15, 0.2) is 39.2 Å². The highest BCUT2D eigenvalue weighted by atomic mass is 35.5. The van der Waals surface area contributed by atoms with Crippen LogP contribution in [-0.4, -0.2) is 15.5 Å². The highest BCUT2D eigenvalue weighted by Crippen LogP contribution is 2.25. The van der Waals surface area contributed by atoms with Crippen molar-refractivity contribution in [2.75, 3.05) is 5.32 Å². The molecule has 0 unspecified atom stereocenters. The van der Waals surface area contributed by atoms with Crippen molar-refractivity contribution in [3.05, 3.63) is 60.5 Å². The van der Waals surface area contributed by atoms with E-state index in [4.69, 9.17) is 23.2 Å². The quantitative estimate of drug-likeness (QED) is 0.554. The van der Waals surface area contributed by atoms with Gasteiger partial charge in [-0.1, -0.05) is 29.6 Å². The number of hydrogen-bond donors (Lipinski definition) is 2. The van der Waals surface area contributed by atoms with E-state index in [9.17, 15) is 14.4 Å². The van der Waals surface area contributed by atoms with Crippen molar-refractivity contribution in [3.8, 4) is 0 Å². The molecule has 0 aliphatic rings. The van der Waals surface area contributed by atoms with E-state index in [1.807, 2.05) is 0 Å². The lowest BCUT2D eigenvalue weighted by molar-refractivity contribution is -0.116. The fourth-order valence-corrected chi connectivity index (χ4v) is 3.80. The number of benzene rings is 1. The zero-order chi connectivity index (χ0) is 19.4. The van der Waals surface area contributed by atoms with E-state index in [0.717, 1.165) is 6.42 Å². The zero-order valence-corrected chi connectivity index (χ0v) is 16.6. The van der Waals surface area contributed by atoms with Crippen LogP contribution in [-0.2, 0) is 11.3 Å². The van der Waals surface area contributed by atoms with Crippen LogP contribution in [0.1, 0.15) is 25.7 Å². The Morgan fingerprint density at radius 1 is 1.11 bits per heavy atom. The third kappa shape index (κ3) is 4.80. The van der Waals surface area contributed by atoms with Crippen LogP contribution >= 0.6 is 34.5 Å². The minimum absolute atomic E-state index is 0.122. The van der Waals surface area contributed by atoms with Crippen LogP contribution in [0, 0.1) is 0 Å². The Kier molecular flexibility index (Phi) is 6.36. The fourth-order valence-electron chi connectivity index (χ4n) is 2.70. The van der Waals surface area contributed by atoms with Crippen molar-refractivity contribution in [2.24, 2.45) is 0 Å². The first kappa shape index (κ1) is 19.7. The van der Waals surface area contributed by atoms with Gasteiger partial charge in [0.1, 0.15) is 4.70 Å². The summed E-state index contributed by atoms with van der Waals surface area (Å²) in [6, 6.07) is 6.63. The molecule has 1 aromatic carbocycles. The van der Waals surface area contributed by atoms with Crippen LogP contribution in [0.25, 0.3) is 10.2 Å². The lowest BCUT2D eigenvalue weighted by Gasteiger charge is -2.07. The minimum atomic E-state index is -0.400. The highest BCUT2D eigenvalue weighted by Gasteiger charge is 2.09. The van der Waals surface area contributed by atoms with Crippen LogP contribution in [0.2, 0.25) is 10.0 Å². The molecular weight excluding hydrogens is 409 g/mol. The van der Waals surface area contributed by atoms with E-state index in [2.05, 4.69) is 10.3 Å². The Morgan fingerprint density at radius 3 is 2.70 bits per heavy atom. The number of aromatic amines is 1. The van der Waals surface area contributed by atoms with Gasteiger partial charge in [-0.05, 0) is 42.5 Å². The molecule has 2 N–H and O–H groups in total. The average Bonchev–Trinajstić information content (AvgIpc) is 3.09. The van der Waals surface area contributed by atoms with Crippen molar-refractivity contribution >= 4 is 56.3 Å². The number of halogens is 2. The molecule has 3 aromatic rings. The number of carbonyl (C=O) groups excluding carboxylic acids is 1. The molecular formula is C18H17Cl2N3O3S. The van der Waals surface area contributed by atoms with Gasteiger partial charge in [-0.2, -0.15) is 0 Å². The van der Waals surface area contributed by atoms with E-state index >= 15 is 0 Å². The summed E-state index contributed by atoms with van der Waals surface area (Å²) in [5, 5.41) is 5.35. The lowest BCUT2D eigenvalue weighted by Crippen LogP contribution is -2.34. The summed E-state index contributed by atoms with van der Waals surface area (Å²) < 4.78 is 1.77. The van der Waals surface area contributed by atoms with Crippen molar-refractivity contribution < 1.29 is 4.79 Å². The molecule has 27 heavy (non-hydrogen) atoms. The predicted octanol–water partition coefficient (Wildman–Crippen LogP) is 4.26. The van der Waals surface area contributed by atoms with E-state index in [1.165, 1.54) is 15.9 Å². The Morgan fingerprint density at radius 2 is 1.93 bits per heavy atom. The summed E-state index contributed by atoms with van der Waals surface area (Å²) >= 11 is 13.1. The van der Waals surface area contributed by atoms with Gasteiger partial charge in [0.05, 0.1) is 15.6 Å². The van der Waals surface area contributed by atoms with Crippen LogP contribution < -0.4 is 16.6 Å². The number of thiophene rings is 1. The number of fused-ring (bicyclic) bond motifs is 1. The van der Waals surface area contributed by atoms with Gasteiger partial charge in [-0.25, -0.2) is 4.79 Å². The van der Waals surface area contributed by atoms with Gasteiger partial charge in [-0.15, -0.1) is 11.3 Å². The predicted molar refractivity (Wildman–Crippen MR) is 110 cm³/mol. The Hall–Kier alpha value is -2.09. The molecule has 3 rings (SSSR count). The van der Waals surface area contributed by atoms with Crippen LogP contribution in [0.3, 0.4) is 0 Å². The maximum Gasteiger partial charge on any atom is 0.328 e. The van der Waals surface area contributed by atoms with Gasteiger partial charge in [-0.3, -0.25) is 14.2 Å². The summed E-state index contributed by atoms with van der Waals surface area (Å²) in [5.41, 5.74) is 0.506. The molecule has 0 aliphatic carbocycles. The molecule has 0 fully saturated rings. The summed E-state index contributed by atoms with van der Waals surface area (Å²) in [7, 11) is 0. The second-order valence-electron chi connectivity index (χ2n) is 6.04. The van der Waals surface area contributed by atoms with E-state index in [1.54, 1.807) is 29.6 Å². The number of unbranched alkanes of at least 4 members (excludes halogenated alkanes) is 2. The molecule has 9 heteroatoms. The second-order valence-corrected chi connectivity index (χ2v) is 7.77. The second kappa shape index (κ2) is 8.73. The number of anilines is 1. The molecule has 142 valence electrons. The molecule has 0 radical (unpaired) electrons. The molecule has 6 nitrogen and oxygen atoms in total. The van der Waals surface area contributed by atoms with Gasteiger partial charge in [0.25, 0.3) is 5.56 Å². The number of carbonyl (C=O) groups is 1. The van der Waals surface area contributed by atoms with Crippen LogP contribution in [0.5, 0.6) is 0 Å². The number of amides is 1. The maximum atomic E-state index is 12.3. The third-order valence-corrected chi connectivity index (χ3v) is 5.72. The number of hydrogen-bond acceptors (Lipinski definition) is 4. The smallest absolute Gasteiger partial charge is 0.326 e. The fraction of sp³-hybridized carbons (Fsp3) is 0.278. The van der Waals surface area contributed by atoms with Crippen molar-refractivity contribution in [1.29, 1.82) is 0 Å². The molecule has 2 aromatic heterocycles. The maximum absolute atomic E-state index is 12.3. The van der Waals surface area contributed by atoms with Gasteiger partial charge in [0.2, 0.25) is 5.91 Å². The summed E-state index contributed by atoms with van der Waals surface area (Å²) in [5.74, 6) is -0.122. The Balaban J connectivity index is 1.47. The number of aromatic nitrogens is 2. The summed E-state index contributed by atoms with van der Waals surface area (Å²) in [6.07, 6.45) is 2.36. The Labute approximate surface area is 168 Å². The molecule has 0 saturated heterocycles. The summed E-state index contributed by atoms with van der Waals surface area (Å²) in [4.78, 5) is 39.0. The lowest BCUT2D eigenvalue weighted by atomic mass is 10.2. The van der Waals surface area contributed by atoms with Gasteiger partial charge < -0.3 is 10.3 Å². The topological polar surface area (TPSA) is 84.0 Å². The molecule has 0 spiro atoms. The molecule has 0 atom stereocenters. The number of nitrogens with one attached hydrogen (secondary N) is 2. The van der Waals surface area contributed by atoms with Gasteiger partial charge in [0.15, 0.2) is 0 Å². The van der Waals surface area contributed by atoms with Gasteiger partial charge in [0, 0.05) is 18.7 Å². The van der Waals surface area contributed by atoms with Crippen molar-refractivity contribution in [3.63, 3.8) is 0 Å². The van der Waals surface area contributed by atoms with E-state index in [-0.39, 0.29) is 11.5 Å². The third-order valence-electron chi connectivity index (χ3n) is 4.08. The molecule has 0 saturated carbocycles. The molecule has 1 amide bonds. The highest BCUT2D eigenvalue weighted by molar-refractivity contribution is 7.17. The SMILES string of the molecule is O=C(CCCCCn1c(=O)[nH]c2ccsc2c1=O)Nc1ccc(Cl)c(Cl)c1. The average molecular weight is 426 g/mol. The zero-order valence-electron chi connectivity index (χ0n) is 14.3. The first-order valence-electron chi connectivity index (χ1n) is 8.41. The molecule has 0 aliphatic heterocycles. The molecule has 0 bridgehead atoms. The van der Waals surface area contributed by atoms with E-state index < -0.39 is 5.69 Å². The largest absolute Gasteiger partial charge is 0.328 e. The van der Waals surface area contributed by atoms with Crippen LogP contribution in [0.4, 0.5) is 5.69 Å². The monoisotopic (exact) mass is 425 g/mol. The summed E-state index contributed by atoms with van der Waals surface area (Å²) in [6.45, 7) is 0.330. The normalized spacial score (nSPS) is 11.0.